The van der Waals surface area contributed by atoms with Crippen LogP contribution in [0.25, 0.3) is 0 Å². The second-order valence-electron chi connectivity index (χ2n) is 8.20. The summed E-state index contributed by atoms with van der Waals surface area (Å²) >= 11 is 0. The first-order valence-corrected chi connectivity index (χ1v) is 9.95. The first-order chi connectivity index (χ1) is 12.7. The van der Waals surface area contributed by atoms with Crippen LogP contribution in [0.3, 0.4) is 0 Å². The van der Waals surface area contributed by atoms with Gasteiger partial charge in [-0.25, -0.2) is 0 Å². The molecule has 1 aromatic rings. The number of rotatable bonds is 5. The van der Waals surface area contributed by atoms with E-state index in [1.54, 1.807) is 7.11 Å². The van der Waals surface area contributed by atoms with E-state index in [0.29, 0.717) is 30.3 Å². The number of allylic oxidation sites excluding steroid dienone is 2. The van der Waals surface area contributed by atoms with Gasteiger partial charge in [0.2, 0.25) is 5.91 Å². The van der Waals surface area contributed by atoms with Crippen molar-refractivity contribution in [3.63, 3.8) is 0 Å². The summed E-state index contributed by atoms with van der Waals surface area (Å²) in [5.74, 6) is 2.51. The Bertz CT molecular complexity index is 678. The van der Waals surface area contributed by atoms with Gasteiger partial charge >= 0.3 is 0 Å². The number of amides is 1. The first kappa shape index (κ1) is 17.6. The molecule has 1 saturated heterocycles. The summed E-state index contributed by atoms with van der Waals surface area (Å²) in [6, 6.07) is 8.45. The minimum Gasteiger partial charge on any atom is -0.496 e. The fourth-order valence-corrected chi connectivity index (χ4v) is 4.99. The number of fused-ring (bicyclic) bond motifs is 2. The molecule has 1 heterocycles. The number of nitrogens with zero attached hydrogens (tertiary/aromatic N) is 2. The molecule has 0 radical (unpaired) electrons. The van der Waals surface area contributed by atoms with E-state index in [1.807, 2.05) is 18.2 Å². The van der Waals surface area contributed by atoms with E-state index in [1.165, 1.54) is 6.42 Å². The highest BCUT2D eigenvalue weighted by atomic mass is 16.5. The van der Waals surface area contributed by atoms with Gasteiger partial charge in [0.05, 0.1) is 7.11 Å². The highest BCUT2D eigenvalue weighted by Gasteiger charge is 2.43. The second kappa shape index (κ2) is 7.43. The van der Waals surface area contributed by atoms with Crippen molar-refractivity contribution in [2.24, 2.45) is 17.8 Å². The quantitative estimate of drug-likeness (QED) is 0.761. The molecule has 3 aliphatic rings. The lowest BCUT2D eigenvalue weighted by Crippen LogP contribution is -2.48. The van der Waals surface area contributed by atoms with Crippen LogP contribution in [-0.4, -0.2) is 49.0 Å². The summed E-state index contributed by atoms with van der Waals surface area (Å²) in [5, 5.41) is 0. The lowest BCUT2D eigenvalue weighted by Gasteiger charge is -2.39. The van der Waals surface area contributed by atoms with Gasteiger partial charge in [-0.3, -0.25) is 4.79 Å². The number of para-hydroxylation sites is 1. The van der Waals surface area contributed by atoms with E-state index in [4.69, 9.17) is 4.74 Å². The first-order valence-electron chi connectivity index (χ1n) is 9.95. The number of methoxy groups -OCH3 is 1. The number of ether oxygens (including phenoxy) is 1. The molecule has 2 aliphatic carbocycles. The SMILES string of the molecule is COc1ccccc1CN(C(=O)[C@@H]1C[C@@H]2C=C[C@H]1C2)C1CCN(C)CC1. The Kier molecular flexibility index (Phi) is 5.03. The van der Waals surface area contributed by atoms with E-state index in [2.05, 4.69) is 35.1 Å². The van der Waals surface area contributed by atoms with Gasteiger partial charge in [0.25, 0.3) is 0 Å². The van der Waals surface area contributed by atoms with E-state index in [9.17, 15) is 4.79 Å². The smallest absolute Gasteiger partial charge is 0.226 e. The fourth-order valence-electron chi connectivity index (χ4n) is 4.99. The van der Waals surface area contributed by atoms with Crippen LogP contribution in [0.15, 0.2) is 36.4 Å². The molecule has 0 spiro atoms. The van der Waals surface area contributed by atoms with Gasteiger partial charge in [-0.15, -0.1) is 0 Å². The number of hydrogen-bond donors (Lipinski definition) is 0. The minimum atomic E-state index is 0.180. The Hall–Kier alpha value is -1.81. The molecule has 1 aliphatic heterocycles. The number of likely N-dealkylation sites (tertiary alicyclic amines) is 1. The second-order valence-corrected chi connectivity index (χ2v) is 8.20. The predicted molar refractivity (Wildman–Crippen MR) is 103 cm³/mol. The van der Waals surface area contributed by atoms with E-state index in [-0.39, 0.29) is 5.92 Å². The third-order valence-electron chi connectivity index (χ3n) is 6.54. The zero-order valence-electron chi connectivity index (χ0n) is 15.9. The van der Waals surface area contributed by atoms with Crippen LogP contribution in [0, 0.1) is 17.8 Å². The van der Waals surface area contributed by atoms with Gasteiger partial charge in [0.15, 0.2) is 0 Å². The molecule has 1 aromatic carbocycles. The third kappa shape index (κ3) is 3.39. The van der Waals surface area contributed by atoms with E-state index >= 15 is 0 Å². The molecule has 4 nitrogen and oxygen atoms in total. The molecule has 3 atom stereocenters. The van der Waals surface area contributed by atoms with E-state index in [0.717, 1.165) is 43.7 Å². The van der Waals surface area contributed by atoms with Crippen LogP contribution in [0.5, 0.6) is 5.75 Å². The van der Waals surface area contributed by atoms with Crippen molar-refractivity contribution in [3.8, 4) is 5.75 Å². The summed E-state index contributed by atoms with van der Waals surface area (Å²) in [6.45, 7) is 2.79. The highest BCUT2D eigenvalue weighted by Crippen LogP contribution is 2.44. The largest absolute Gasteiger partial charge is 0.496 e. The van der Waals surface area contributed by atoms with Crippen molar-refractivity contribution < 1.29 is 9.53 Å². The number of carbonyl (C=O) groups is 1. The molecular formula is C22H30N2O2. The van der Waals surface area contributed by atoms with Gasteiger partial charge in [0, 0.05) is 24.1 Å². The summed E-state index contributed by atoms with van der Waals surface area (Å²) in [7, 11) is 3.88. The molecule has 2 bridgehead atoms. The maximum absolute atomic E-state index is 13.6. The lowest BCUT2D eigenvalue weighted by atomic mass is 9.90. The molecule has 0 aromatic heterocycles. The Balaban J connectivity index is 1.57. The van der Waals surface area contributed by atoms with Crippen LogP contribution in [0.4, 0.5) is 0 Å². The highest BCUT2D eigenvalue weighted by molar-refractivity contribution is 5.80. The molecule has 0 unspecified atom stereocenters. The zero-order chi connectivity index (χ0) is 18.1. The van der Waals surface area contributed by atoms with Crippen molar-refractivity contribution in [1.29, 1.82) is 0 Å². The molecule has 4 heteroatoms. The third-order valence-corrected chi connectivity index (χ3v) is 6.54. The molecule has 4 rings (SSSR count). The summed E-state index contributed by atoms with van der Waals surface area (Å²) in [5.41, 5.74) is 1.11. The molecule has 0 N–H and O–H groups in total. The number of hydrogen-bond acceptors (Lipinski definition) is 3. The maximum Gasteiger partial charge on any atom is 0.226 e. The Morgan fingerprint density at radius 3 is 2.62 bits per heavy atom. The zero-order valence-corrected chi connectivity index (χ0v) is 15.9. The van der Waals surface area contributed by atoms with Crippen molar-refractivity contribution in [1.82, 2.24) is 9.80 Å². The normalized spacial score (nSPS) is 28.5. The van der Waals surface area contributed by atoms with Gasteiger partial charge in [0.1, 0.15) is 5.75 Å². The van der Waals surface area contributed by atoms with Gasteiger partial charge in [-0.1, -0.05) is 30.4 Å². The van der Waals surface area contributed by atoms with Crippen molar-refractivity contribution in [3.05, 3.63) is 42.0 Å². The Labute approximate surface area is 156 Å². The standard InChI is InChI=1S/C22H30N2O2/c1-23-11-9-19(10-12-23)24(15-18-5-3-4-6-21(18)26-2)22(25)20-14-16-7-8-17(20)13-16/h3-8,16-17,19-20H,9-15H2,1-2H3/t16-,17+,20-/m1/s1. The maximum atomic E-state index is 13.6. The van der Waals surface area contributed by atoms with Crippen LogP contribution in [0.2, 0.25) is 0 Å². The van der Waals surface area contributed by atoms with Crippen LogP contribution < -0.4 is 4.74 Å². The Morgan fingerprint density at radius 2 is 1.96 bits per heavy atom. The van der Waals surface area contributed by atoms with Gasteiger partial charge in [-0.2, -0.15) is 0 Å². The lowest BCUT2D eigenvalue weighted by molar-refractivity contribution is -0.140. The van der Waals surface area contributed by atoms with Crippen LogP contribution in [0.1, 0.15) is 31.2 Å². The monoisotopic (exact) mass is 354 g/mol. The molecule has 1 amide bonds. The van der Waals surface area contributed by atoms with Crippen molar-refractivity contribution in [2.75, 3.05) is 27.2 Å². The number of benzene rings is 1. The summed E-state index contributed by atoms with van der Waals surface area (Å²) in [4.78, 5) is 18.1. The summed E-state index contributed by atoms with van der Waals surface area (Å²) in [6.07, 6.45) is 8.94. The van der Waals surface area contributed by atoms with Crippen LogP contribution >= 0.6 is 0 Å². The average molecular weight is 354 g/mol. The van der Waals surface area contributed by atoms with E-state index < -0.39 is 0 Å². The van der Waals surface area contributed by atoms with Crippen LogP contribution in [-0.2, 0) is 11.3 Å². The molecule has 1 saturated carbocycles. The fraction of sp³-hybridized carbons (Fsp3) is 0.591. The van der Waals surface area contributed by atoms with Crippen molar-refractivity contribution >= 4 is 5.91 Å². The topological polar surface area (TPSA) is 32.8 Å². The molecule has 2 fully saturated rings. The number of carbonyl (C=O) groups excluding carboxylic acids is 1. The van der Waals surface area contributed by atoms with Gasteiger partial charge in [-0.05, 0) is 63.7 Å². The summed E-state index contributed by atoms with van der Waals surface area (Å²) < 4.78 is 5.55. The molecular weight excluding hydrogens is 324 g/mol. The molecule has 140 valence electrons. The molecule has 26 heavy (non-hydrogen) atoms. The Morgan fingerprint density at radius 1 is 1.19 bits per heavy atom. The average Bonchev–Trinajstić information content (AvgIpc) is 3.30. The van der Waals surface area contributed by atoms with Gasteiger partial charge < -0.3 is 14.5 Å². The van der Waals surface area contributed by atoms with Crippen molar-refractivity contribution in [2.45, 2.75) is 38.3 Å². The minimum absolute atomic E-state index is 0.180. The predicted octanol–water partition coefficient (Wildman–Crippen LogP) is 3.33. The number of piperidine rings is 1.